The Bertz CT molecular complexity index is 1070. The average Bonchev–Trinajstić information content (AvgIpc) is 2.74. The van der Waals surface area contributed by atoms with E-state index < -0.39 is 0 Å². The maximum absolute atomic E-state index is 6.04. The Morgan fingerprint density at radius 2 is 1.79 bits per heavy atom. The van der Waals surface area contributed by atoms with E-state index >= 15 is 0 Å². The van der Waals surface area contributed by atoms with Crippen LogP contribution in [0.5, 0.6) is 11.5 Å². The Balaban J connectivity index is 1.67. The summed E-state index contributed by atoms with van der Waals surface area (Å²) >= 11 is 3.47. The van der Waals surface area contributed by atoms with E-state index in [1.807, 2.05) is 60.8 Å². The number of benzene rings is 2. The number of fused-ring (bicyclic) bond motifs is 1. The van der Waals surface area contributed by atoms with Crippen LogP contribution in [0, 0.1) is 0 Å². The van der Waals surface area contributed by atoms with Crippen molar-refractivity contribution < 1.29 is 9.47 Å². The monoisotopic (exact) mass is 452 g/mol. The van der Waals surface area contributed by atoms with Crippen LogP contribution < -0.4 is 25.4 Å². The molecule has 0 unspecified atom stereocenters. The first kappa shape index (κ1) is 19.1. The van der Waals surface area contributed by atoms with Crippen LogP contribution >= 0.6 is 15.9 Å². The Morgan fingerprint density at radius 1 is 1.03 bits per heavy atom. The van der Waals surface area contributed by atoms with Crippen molar-refractivity contribution in [2.45, 2.75) is 6.54 Å². The molecule has 0 radical (unpaired) electrons. The summed E-state index contributed by atoms with van der Waals surface area (Å²) in [7, 11) is 3.26. The minimum absolute atomic E-state index is 0.479. The van der Waals surface area contributed by atoms with E-state index in [4.69, 9.17) is 15.2 Å². The van der Waals surface area contributed by atoms with Gasteiger partial charge in [-0.3, -0.25) is 0 Å². The van der Waals surface area contributed by atoms with Crippen LogP contribution in [-0.2, 0) is 6.54 Å². The maximum atomic E-state index is 6.04. The molecule has 29 heavy (non-hydrogen) atoms. The lowest BCUT2D eigenvalue weighted by Crippen LogP contribution is -2.21. The molecular formula is C22H21BrN4O2. The number of pyridine rings is 1. The van der Waals surface area contributed by atoms with Crippen LogP contribution in [0.1, 0.15) is 11.3 Å². The number of halogens is 1. The lowest BCUT2D eigenvalue weighted by molar-refractivity contribution is 0.355. The number of rotatable bonds is 5. The number of methoxy groups -OCH3 is 2. The van der Waals surface area contributed by atoms with Crippen LogP contribution in [0.4, 0.5) is 22.9 Å². The smallest absolute Gasteiger partial charge is 0.162 e. The number of nitrogen functional groups attached to an aromatic ring is 1. The van der Waals surface area contributed by atoms with Crippen molar-refractivity contribution in [1.29, 1.82) is 0 Å². The zero-order valence-electron chi connectivity index (χ0n) is 16.1. The molecule has 1 aliphatic heterocycles. The number of nitrogens with zero attached hydrogens (tertiary/aromatic N) is 2. The minimum atomic E-state index is 0.479. The highest BCUT2D eigenvalue weighted by molar-refractivity contribution is 9.10. The van der Waals surface area contributed by atoms with Crippen molar-refractivity contribution >= 4 is 44.9 Å². The van der Waals surface area contributed by atoms with Crippen molar-refractivity contribution in [3.05, 3.63) is 70.5 Å². The molecule has 6 nitrogen and oxygen atoms in total. The number of ether oxygens (including phenoxy) is 2. The van der Waals surface area contributed by atoms with E-state index in [0.29, 0.717) is 23.9 Å². The van der Waals surface area contributed by atoms with Crippen LogP contribution in [0.3, 0.4) is 0 Å². The molecule has 0 spiro atoms. The number of hydrogen-bond donors (Lipinski definition) is 2. The Morgan fingerprint density at radius 3 is 2.52 bits per heavy atom. The van der Waals surface area contributed by atoms with Crippen molar-refractivity contribution in [3.8, 4) is 11.5 Å². The molecule has 2 aromatic carbocycles. The fourth-order valence-corrected chi connectivity index (χ4v) is 3.54. The first-order valence-electron chi connectivity index (χ1n) is 9.06. The Kier molecular flexibility index (Phi) is 5.31. The predicted octanol–water partition coefficient (Wildman–Crippen LogP) is 5.18. The summed E-state index contributed by atoms with van der Waals surface area (Å²) in [5.41, 5.74) is 10.9. The molecule has 148 valence electrons. The normalized spacial score (nSPS) is 12.4. The van der Waals surface area contributed by atoms with Crippen molar-refractivity contribution in [2.75, 3.05) is 30.2 Å². The molecule has 0 saturated carbocycles. The molecule has 2 heterocycles. The zero-order valence-corrected chi connectivity index (χ0v) is 17.7. The van der Waals surface area contributed by atoms with E-state index in [1.165, 1.54) is 0 Å². The van der Waals surface area contributed by atoms with Gasteiger partial charge < -0.3 is 25.4 Å². The van der Waals surface area contributed by atoms with Gasteiger partial charge in [0, 0.05) is 45.4 Å². The van der Waals surface area contributed by atoms with E-state index in [9.17, 15) is 0 Å². The largest absolute Gasteiger partial charge is 0.493 e. The molecule has 0 saturated heterocycles. The van der Waals surface area contributed by atoms with Gasteiger partial charge in [0.25, 0.3) is 0 Å². The number of nitrogens with one attached hydrogen (secondary N) is 1. The molecule has 7 heteroatoms. The summed E-state index contributed by atoms with van der Waals surface area (Å²) in [6.07, 6.45) is 3.97. The van der Waals surface area contributed by atoms with Gasteiger partial charge >= 0.3 is 0 Å². The van der Waals surface area contributed by atoms with Crippen molar-refractivity contribution in [1.82, 2.24) is 4.98 Å². The average molecular weight is 453 g/mol. The summed E-state index contributed by atoms with van der Waals surface area (Å²) in [6.45, 7) is 0.646. The SMILES string of the molecule is COc1ccc(N2C=Cc3nc(N)cc(Nc4ccc(Br)cc4)c3C2)cc1OC. The first-order chi connectivity index (χ1) is 14.1. The summed E-state index contributed by atoms with van der Waals surface area (Å²) < 4.78 is 11.8. The fraction of sp³-hybridized carbons (Fsp3) is 0.136. The lowest BCUT2D eigenvalue weighted by Gasteiger charge is -2.27. The third kappa shape index (κ3) is 4.00. The van der Waals surface area contributed by atoms with Crippen molar-refractivity contribution in [3.63, 3.8) is 0 Å². The van der Waals surface area contributed by atoms with Gasteiger partial charge in [0.15, 0.2) is 11.5 Å². The van der Waals surface area contributed by atoms with E-state index in [1.54, 1.807) is 14.2 Å². The minimum Gasteiger partial charge on any atom is -0.493 e. The third-order valence-corrected chi connectivity index (χ3v) is 5.27. The molecule has 0 amide bonds. The number of hydrogen-bond acceptors (Lipinski definition) is 6. The van der Waals surface area contributed by atoms with E-state index in [-0.39, 0.29) is 0 Å². The standard InChI is InChI=1S/C22H21BrN4O2/c1-28-20-8-7-16(11-21(20)29-2)27-10-9-18-17(13-27)19(12-22(24)26-18)25-15-5-3-14(23)4-6-15/h3-12H,13H2,1-2H3,(H3,24,25,26). The van der Waals surface area contributed by atoms with Gasteiger partial charge in [0.2, 0.25) is 0 Å². The number of anilines is 4. The highest BCUT2D eigenvalue weighted by Gasteiger charge is 2.19. The summed E-state index contributed by atoms with van der Waals surface area (Å²) in [5.74, 6) is 1.87. The summed E-state index contributed by atoms with van der Waals surface area (Å²) in [6, 6.07) is 15.7. The highest BCUT2D eigenvalue weighted by atomic mass is 79.9. The zero-order chi connectivity index (χ0) is 20.4. The Labute approximate surface area is 178 Å². The molecule has 0 bridgehead atoms. The lowest BCUT2D eigenvalue weighted by atomic mass is 10.1. The first-order valence-corrected chi connectivity index (χ1v) is 9.85. The van der Waals surface area contributed by atoms with Gasteiger partial charge in [-0.1, -0.05) is 15.9 Å². The van der Waals surface area contributed by atoms with Crippen LogP contribution in [-0.4, -0.2) is 19.2 Å². The van der Waals surface area contributed by atoms with Crippen LogP contribution in [0.15, 0.2) is 59.2 Å². The second-order valence-electron chi connectivity index (χ2n) is 6.57. The van der Waals surface area contributed by atoms with Gasteiger partial charge in [-0.2, -0.15) is 0 Å². The molecule has 0 atom stereocenters. The molecule has 1 aromatic heterocycles. The van der Waals surface area contributed by atoms with Gasteiger partial charge in [-0.15, -0.1) is 0 Å². The predicted molar refractivity (Wildman–Crippen MR) is 121 cm³/mol. The van der Waals surface area contributed by atoms with Crippen molar-refractivity contribution in [2.24, 2.45) is 0 Å². The fourth-order valence-electron chi connectivity index (χ4n) is 3.28. The molecule has 1 aliphatic rings. The van der Waals surface area contributed by atoms with Gasteiger partial charge in [0.05, 0.1) is 26.5 Å². The second-order valence-corrected chi connectivity index (χ2v) is 7.49. The van der Waals surface area contributed by atoms with Crippen LogP contribution in [0.25, 0.3) is 6.08 Å². The van der Waals surface area contributed by atoms with Gasteiger partial charge in [-0.25, -0.2) is 4.98 Å². The molecule has 4 rings (SSSR count). The van der Waals surface area contributed by atoms with E-state index in [2.05, 4.69) is 31.1 Å². The molecule has 3 N–H and O–H groups in total. The van der Waals surface area contributed by atoms with Gasteiger partial charge in [-0.05, 0) is 42.5 Å². The second kappa shape index (κ2) is 8.05. The quantitative estimate of drug-likeness (QED) is 0.555. The molecule has 0 fully saturated rings. The summed E-state index contributed by atoms with van der Waals surface area (Å²) in [5, 5.41) is 3.47. The molecule has 0 aliphatic carbocycles. The van der Waals surface area contributed by atoms with E-state index in [0.717, 1.165) is 32.8 Å². The molecular weight excluding hydrogens is 432 g/mol. The third-order valence-electron chi connectivity index (χ3n) is 4.74. The topological polar surface area (TPSA) is 72.6 Å². The molecule has 3 aromatic rings. The number of aromatic nitrogens is 1. The Hall–Kier alpha value is -3.19. The highest BCUT2D eigenvalue weighted by Crippen LogP contribution is 2.36. The van der Waals surface area contributed by atoms with Crippen LogP contribution in [0.2, 0.25) is 0 Å². The number of nitrogens with two attached hydrogens (primary N) is 1. The summed E-state index contributed by atoms with van der Waals surface area (Å²) in [4.78, 5) is 6.63. The van der Waals surface area contributed by atoms with Gasteiger partial charge in [0.1, 0.15) is 5.82 Å². The maximum Gasteiger partial charge on any atom is 0.162 e.